The van der Waals surface area contributed by atoms with Gasteiger partial charge in [0.1, 0.15) is 5.75 Å². The van der Waals surface area contributed by atoms with E-state index >= 15 is 0 Å². The molecule has 0 saturated heterocycles. The number of nitrogens with zero attached hydrogens (tertiary/aromatic N) is 1. The summed E-state index contributed by atoms with van der Waals surface area (Å²) >= 11 is 0. The number of amides is 1. The first-order valence-corrected chi connectivity index (χ1v) is 11.0. The van der Waals surface area contributed by atoms with Crippen LogP contribution in [0.3, 0.4) is 0 Å². The number of methoxy groups -OCH3 is 1. The van der Waals surface area contributed by atoms with Crippen LogP contribution in [0.2, 0.25) is 0 Å². The number of hydroxylamine groups is 2. The Balaban J connectivity index is 1.99. The smallest absolute Gasteiger partial charge is 0.315 e. The Labute approximate surface area is 194 Å². The second-order valence-electron chi connectivity index (χ2n) is 8.60. The van der Waals surface area contributed by atoms with E-state index in [2.05, 4.69) is 0 Å². The van der Waals surface area contributed by atoms with Gasteiger partial charge in [0.05, 0.1) is 19.6 Å². The molecule has 0 aromatic heterocycles. The van der Waals surface area contributed by atoms with E-state index in [9.17, 15) is 14.4 Å². The van der Waals surface area contributed by atoms with Gasteiger partial charge in [0.15, 0.2) is 0 Å². The van der Waals surface area contributed by atoms with E-state index < -0.39 is 24.1 Å². The average molecular weight is 460 g/mol. The zero-order chi connectivity index (χ0) is 24.5. The Morgan fingerprint density at radius 2 is 1.73 bits per heavy atom. The molecule has 0 heterocycles. The van der Waals surface area contributed by atoms with Crippen molar-refractivity contribution in [3.05, 3.63) is 42.0 Å². The minimum atomic E-state index is -1.01. The van der Waals surface area contributed by atoms with Crippen LogP contribution in [0.5, 0.6) is 5.75 Å². The Morgan fingerprint density at radius 1 is 1.06 bits per heavy atom. The van der Waals surface area contributed by atoms with Gasteiger partial charge < -0.3 is 14.6 Å². The molecular weight excluding hydrogens is 426 g/mol. The third kappa shape index (κ3) is 8.05. The summed E-state index contributed by atoms with van der Waals surface area (Å²) < 4.78 is 10.6. The van der Waals surface area contributed by atoms with Gasteiger partial charge >= 0.3 is 11.9 Å². The Morgan fingerprint density at radius 3 is 2.33 bits per heavy atom. The van der Waals surface area contributed by atoms with Crippen LogP contribution in [0.15, 0.2) is 36.4 Å². The van der Waals surface area contributed by atoms with Crippen molar-refractivity contribution < 1.29 is 33.8 Å². The first-order chi connectivity index (χ1) is 15.6. The molecule has 2 aromatic carbocycles. The summed E-state index contributed by atoms with van der Waals surface area (Å²) in [7, 11) is 1.61. The van der Waals surface area contributed by atoms with E-state index in [0.717, 1.165) is 27.1 Å². The number of hydrogen-bond acceptors (Lipinski definition) is 6. The summed E-state index contributed by atoms with van der Waals surface area (Å²) in [5.41, 5.74) is 0.788. The molecule has 0 spiro atoms. The SMILES string of the molecule is COc1ccc2cc([C@H](C)C(=O)O[C@@H](C)ON(C=O)C[C@H](CC(=O)O)CC(C)C)ccc2c1. The van der Waals surface area contributed by atoms with Crippen molar-refractivity contribution in [2.45, 2.75) is 52.7 Å². The Kier molecular flexibility index (Phi) is 9.66. The molecule has 8 heteroatoms. The number of carboxylic acids is 1. The summed E-state index contributed by atoms with van der Waals surface area (Å²) in [6.45, 7) is 7.32. The predicted molar refractivity (Wildman–Crippen MR) is 124 cm³/mol. The van der Waals surface area contributed by atoms with Crippen LogP contribution >= 0.6 is 0 Å². The van der Waals surface area contributed by atoms with Crippen LogP contribution in [0.1, 0.15) is 52.0 Å². The van der Waals surface area contributed by atoms with Crippen LogP contribution in [-0.2, 0) is 24.0 Å². The van der Waals surface area contributed by atoms with Crippen LogP contribution in [0.25, 0.3) is 10.8 Å². The molecule has 1 N–H and O–H groups in total. The number of carbonyl (C=O) groups is 3. The molecule has 0 fully saturated rings. The predicted octanol–water partition coefficient (Wildman–Crippen LogP) is 4.37. The third-order valence-corrected chi connectivity index (χ3v) is 5.31. The molecule has 2 aromatic rings. The number of carboxylic acid groups (broad SMARTS) is 1. The van der Waals surface area contributed by atoms with Crippen molar-refractivity contribution in [3.63, 3.8) is 0 Å². The number of carbonyl (C=O) groups excluding carboxylic acids is 2. The van der Waals surface area contributed by atoms with Crippen LogP contribution in [0, 0.1) is 11.8 Å². The highest BCUT2D eigenvalue weighted by Crippen LogP contribution is 2.26. The fourth-order valence-corrected chi connectivity index (χ4v) is 3.75. The summed E-state index contributed by atoms with van der Waals surface area (Å²) in [5.74, 6) is -1.23. The molecule has 3 atom stereocenters. The molecule has 8 nitrogen and oxygen atoms in total. The minimum Gasteiger partial charge on any atom is -0.497 e. The Bertz CT molecular complexity index is 959. The van der Waals surface area contributed by atoms with E-state index in [1.54, 1.807) is 14.0 Å². The van der Waals surface area contributed by atoms with Gasteiger partial charge in [0.25, 0.3) is 0 Å². The third-order valence-electron chi connectivity index (χ3n) is 5.31. The van der Waals surface area contributed by atoms with Gasteiger partial charge in [0.2, 0.25) is 12.7 Å². The first kappa shape index (κ1) is 26.1. The molecule has 33 heavy (non-hydrogen) atoms. The number of benzene rings is 2. The second-order valence-corrected chi connectivity index (χ2v) is 8.60. The van der Waals surface area contributed by atoms with Gasteiger partial charge in [-0.15, -0.1) is 0 Å². The van der Waals surface area contributed by atoms with Gasteiger partial charge in [-0.25, -0.2) is 9.90 Å². The lowest BCUT2D eigenvalue weighted by Crippen LogP contribution is -2.35. The van der Waals surface area contributed by atoms with E-state index in [4.69, 9.17) is 19.4 Å². The number of esters is 1. The lowest BCUT2D eigenvalue weighted by atomic mass is 9.94. The lowest BCUT2D eigenvalue weighted by Gasteiger charge is -2.26. The van der Waals surface area contributed by atoms with Crippen LogP contribution in [0.4, 0.5) is 0 Å². The van der Waals surface area contributed by atoms with Crippen molar-refractivity contribution in [1.82, 2.24) is 5.06 Å². The molecule has 0 aliphatic rings. The number of hydrogen-bond donors (Lipinski definition) is 1. The maximum Gasteiger partial charge on any atom is 0.315 e. The van der Waals surface area contributed by atoms with Gasteiger partial charge in [-0.1, -0.05) is 38.1 Å². The number of rotatable bonds is 13. The summed E-state index contributed by atoms with van der Waals surface area (Å²) in [5, 5.41) is 12.1. The number of fused-ring (bicyclic) bond motifs is 1. The van der Waals surface area contributed by atoms with E-state index in [-0.39, 0.29) is 24.8 Å². The molecule has 1 amide bonds. The maximum absolute atomic E-state index is 12.7. The highest BCUT2D eigenvalue weighted by atomic mass is 16.8. The number of ether oxygens (including phenoxy) is 2. The van der Waals surface area contributed by atoms with E-state index in [1.807, 2.05) is 50.2 Å². The molecular formula is C25H33NO7. The monoisotopic (exact) mass is 459 g/mol. The van der Waals surface area contributed by atoms with Crippen LogP contribution in [-0.4, -0.2) is 48.5 Å². The van der Waals surface area contributed by atoms with Crippen LogP contribution < -0.4 is 4.74 Å². The van der Waals surface area contributed by atoms with E-state index in [0.29, 0.717) is 12.8 Å². The molecule has 0 radical (unpaired) electrons. The highest BCUT2D eigenvalue weighted by molar-refractivity contribution is 5.86. The van der Waals surface area contributed by atoms with Crippen molar-refractivity contribution in [2.75, 3.05) is 13.7 Å². The molecule has 0 aliphatic heterocycles. The lowest BCUT2D eigenvalue weighted by molar-refractivity contribution is -0.255. The molecule has 0 aliphatic carbocycles. The fraction of sp³-hybridized carbons (Fsp3) is 0.480. The summed E-state index contributed by atoms with van der Waals surface area (Å²) in [4.78, 5) is 40.7. The topological polar surface area (TPSA) is 102 Å². The van der Waals surface area contributed by atoms with Crippen molar-refractivity contribution >= 4 is 29.1 Å². The zero-order valence-corrected chi connectivity index (χ0v) is 19.8. The van der Waals surface area contributed by atoms with Gasteiger partial charge in [-0.2, -0.15) is 0 Å². The van der Waals surface area contributed by atoms with Gasteiger partial charge in [-0.3, -0.25) is 14.4 Å². The van der Waals surface area contributed by atoms with E-state index in [1.165, 1.54) is 6.92 Å². The first-order valence-electron chi connectivity index (χ1n) is 11.0. The zero-order valence-electron chi connectivity index (χ0n) is 19.8. The minimum absolute atomic E-state index is 0.0785. The molecule has 0 saturated carbocycles. The van der Waals surface area contributed by atoms with Gasteiger partial charge in [-0.05, 0) is 53.6 Å². The van der Waals surface area contributed by atoms with Crippen molar-refractivity contribution in [2.24, 2.45) is 11.8 Å². The summed E-state index contributed by atoms with van der Waals surface area (Å²) in [6, 6.07) is 11.4. The molecule has 180 valence electrons. The number of aliphatic carboxylic acids is 1. The molecule has 0 unspecified atom stereocenters. The maximum atomic E-state index is 12.7. The molecule has 2 rings (SSSR count). The summed E-state index contributed by atoms with van der Waals surface area (Å²) in [6.07, 6.45) is 0.00391. The standard InChI is InChI=1S/C25H33NO7/c1-16(2)10-19(11-24(28)29)14-26(15-27)33-18(4)32-25(30)17(3)20-6-7-22-13-23(31-5)9-8-21(22)12-20/h6-9,12-13,15-19H,10-11,14H2,1-5H3,(H,28,29)/t17-,18+,19-/m0/s1. The van der Waals surface area contributed by atoms with Gasteiger partial charge in [0, 0.05) is 13.3 Å². The fourth-order valence-electron chi connectivity index (χ4n) is 3.75. The average Bonchev–Trinajstić information content (AvgIpc) is 2.76. The largest absolute Gasteiger partial charge is 0.497 e. The highest BCUT2D eigenvalue weighted by Gasteiger charge is 2.24. The quantitative estimate of drug-likeness (QED) is 0.205. The second kappa shape index (κ2) is 12.2. The normalized spacial score (nSPS) is 13.9. The Hall–Kier alpha value is -3.13. The molecule has 0 bridgehead atoms. The van der Waals surface area contributed by atoms with Crippen molar-refractivity contribution in [1.29, 1.82) is 0 Å². The van der Waals surface area contributed by atoms with Crippen molar-refractivity contribution in [3.8, 4) is 5.75 Å².